The molecule has 112 valence electrons. The Kier molecular flexibility index (Phi) is 3.36. The van der Waals surface area contributed by atoms with Crippen LogP contribution in [0.5, 0.6) is 0 Å². The van der Waals surface area contributed by atoms with E-state index in [0.29, 0.717) is 5.69 Å². The van der Waals surface area contributed by atoms with Gasteiger partial charge in [-0.2, -0.15) is 0 Å². The summed E-state index contributed by atoms with van der Waals surface area (Å²) in [5.74, 6) is 0. The van der Waals surface area contributed by atoms with Gasteiger partial charge >= 0.3 is 0 Å². The fourth-order valence-electron chi connectivity index (χ4n) is 2.52. The predicted molar refractivity (Wildman–Crippen MR) is 80.8 cm³/mol. The molecule has 0 fully saturated rings. The van der Waals surface area contributed by atoms with E-state index in [1.165, 1.54) is 28.9 Å². The Morgan fingerprint density at radius 1 is 1.19 bits per heavy atom. The number of nitro benzene ring substituents is 1. The molecule has 0 saturated carbocycles. The lowest BCUT2D eigenvalue weighted by Gasteiger charge is -2.21. The Morgan fingerprint density at radius 2 is 1.71 bits per heavy atom. The molecule has 2 rings (SSSR count). The number of hydrogen-bond donors (Lipinski definition) is 1. The van der Waals surface area contributed by atoms with Crippen molar-refractivity contribution < 1.29 is 4.92 Å². The lowest BCUT2D eigenvalue weighted by atomic mass is 9.91. The molecule has 0 saturated heterocycles. The lowest BCUT2D eigenvalue weighted by Crippen LogP contribution is -2.22. The second-order valence-electron chi connectivity index (χ2n) is 5.93. The average Bonchev–Trinajstić information content (AvgIpc) is 2.60. The van der Waals surface area contributed by atoms with Crippen LogP contribution in [0.25, 0.3) is 5.69 Å². The molecule has 2 N–H and O–H groups in total. The molecule has 1 heterocycles. The Morgan fingerprint density at radius 3 is 2.10 bits per heavy atom. The molecular weight excluding hydrogens is 272 g/mol. The first-order valence-electron chi connectivity index (χ1n) is 6.47. The fraction of sp³-hybridized carbons (Fsp3) is 0.357. The number of non-ortho nitro benzene ring substituents is 1. The van der Waals surface area contributed by atoms with E-state index >= 15 is 0 Å². The summed E-state index contributed by atoms with van der Waals surface area (Å²) < 4.78 is 3.11. The molecule has 1 aromatic heterocycles. The summed E-state index contributed by atoms with van der Waals surface area (Å²) in [4.78, 5) is 22.6. The summed E-state index contributed by atoms with van der Waals surface area (Å²) in [5.41, 5.74) is 6.77. The number of nitrogens with zero attached hydrogens (tertiary/aromatic N) is 3. The number of nitrogen functional groups attached to an aromatic ring is 1. The summed E-state index contributed by atoms with van der Waals surface area (Å²) in [5, 5.41) is 10.7. The van der Waals surface area contributed by atoms with E-state index in [-0.39, 0.29) is 22.3 Å². The third-order valence-corrected chi connectivity index (χ3v) is 3.32. The van der Waals surface area contributed by atoms with Crippen molar-refractivity contribution in [2.24, 2.45) is 7.05 Å². The van der Waals surface area contributed by atoms with Crippen molar-refractivity contribution in [1.29, 1.82) is 0 Å². The minimum Gasteiger partial charge on any atom is -0.393 e. The average molecular weight is 290 g/mol. The van der Waals surface area contributed by atoms with Crippen molar-refractivity contribution in [3.63, 3.8) is 0 Å². The molecule has 7 heteroatoms. The van der Waals surface area contributed by atoms with Crippen LogP contribution in [0.2, 0.25) is 0 Å². The van der Waals surface area contributed by atoms with Crippen LogP contribution in [0.3, 0.4) is 0 Å². The van der Waals surface area contributed by atoms with E-state index in [0.717, 1.165) is 5.69 Å². The smallest absolute Gasteiger partial charge is 0.294 e. The van der Waals surface area contributed by atoms with Gasteiger partial charge < -0.3 is 5.73 Å². The summed E-state index contributed by atoms with van der Waals surface area (Å²) >= 11 is 0. The van der Waals surface area contributed by atoms with Crippen molar-refractivity contribution in [3.8, 4) is 5.69 Å². The van der Waals surface area contributed by atoms with Crippen LogP contribution >= 0.6 is 0 Å². The molecule has 0 unspecified atom stereocenters. The van der Waals surface area contributed by atoms with Gasteiger partial charge in [-0.25, -0.2) is 4.68 Å². The first kappa shape index (κ1) is 14.8. The van der Waals surface area contributed by atoms with E-state index in [4.69, 9.17) is 5.73 Å². The molecular formula is C14H18N4O3. The quantitative estimate of drug-likeness (QED) is 0.675. The highest BCUT2D eigenvalue weighted by molar-refractivity contribution is 5.49. The molecule has 21 heavy (non-hydrogen) atoms. The van der Waals surface area contributed by atoms with Crippen LogP contribution in [0.15, 0.2) is 29.1 Å². The van der Waals surface area contributed by atoms with Gasteiger partial charge in [0, 0.05) is 24.6 Å². The Hall–Kier alpha value is -2.57. The zero-order valence-corrected chi connectivity index (χ0v) is 12.5. The highest BCUT2D eigenvalue weighted by atomic mass is 16.6. The van der Waals surface area contributed by atoms with E-state index < -0.39 is 4.92 Å². The molecule has 0 aliphatic carbocycles. The number of hydrogen-bond acceptors (Lipinski definition) is 4. The maximum absolute atomic E-state index is 12.4. The monoisotopic (exact) mass is 290 g/mol. The van der Waals surface area contributed by atoms with Crippen molar-refractivity contribution in [2.45, 2.75) is 26.2 Å². The van der Waals surface area contributed by atoms with Gasteiger partial charge in [-0.3, -0.25) is 19.6 Å². The van der Waals surface area contributed by atoms with Crippen molar-refractivity contribution in [3.05, 3.63) is 50.4 Å². The van der Waals surface area contributed by atoms with Gasteiger partial charge in [-0.15, -0.1) is 0 Å². The summed E-state index contributed by atoms with van der Waals surface area (Å²) in [6.45, 7) is 5.91. The number of benzene rings is 1. The molecule has 1 aromatic carbocycles. The molecule has 0 spiro atoms. The minimum atomic E-state index is -0.480. The Balaban J connectivity index is 2.65. The molecule has 7 nitrogen and oxygen atoms in total. The summed E-state index contributed by atoms with van der Waals surface area (Å²) in [7, 11) is 1.75. The van der Waals surface area contributed by atoms with Gasteiger partial charge in [0.05, 0.1) is 16.3 Å². The topological polar surface area (TPSA) is 96.1 Å². The Labute approximate surface area is 121 Å². The van der Waals surface area contributed by atoms with Gasteiger partial charge in [0.2, 0.25) is 0 Å². The molecule has 0 bridgehead atoms. The van der Waals surface area contributed by atoms with E-state index in [1.54, 1.807) is 11.7 Å². The molecule has 0 aliphatic rings. The Bertz CT molecular complexity index is 748. The fourth-order valence-corrected chi connectivity index (χ4v) is 2.52. The first-order chi connectivity index (χ1) is 9.64. The van der Waals surface area contributed by atoms with Gasteiger partial charge in [-0.1, -0.05) is 20.8 Å². The van der Waals surface area contributed by atoms with Gasteiger partial charge in [0.15, 0.2) is 0 Å². The van der Waals surface area contributed by atoms with E-state index in [2.05, 4.69) is 0 Å². The molecule has 0 atom stereocenters. The SMILES string of the molecule is Cn1c(C(C)(C)C)c(N)c(=O)n1-c1ccc([N+](=O)[O-])cc1. The van der Waals surface area contributed by atoms with Crippen LogP contribution in [0.1, 0.15) is 26.5 Å². The van der Waals surface area contributed by atoms with Crippen molar-refractivity contribution >= 4 is 11.4 Å². The molecule has 0 radical (unpaired) electrons. The first-order valence-corrected chi connectivity index (χ1v) is 6.47. The number of anilines is 1. The minimum absolute atomic E-state index is 0.0231. The highest BCUT2D eigenvalue weighted by Crippen LogP contribution is 2.26. The largest absolute Gasteiger partial charge is 0.393 e. The zero-order valence-electron chi connectivity index (χ0n) is 12.5. The van der Waals surface area contributed by atoms with Gasteiger partial charge in [0.1, 0.15) is 5.69 Å². The highest BCUT2D eigenvalue weighted by Gasteiger charge is 2.26. The van der Waals surface area contributed by atoms with Crippen LogP contribution < -0.4 is 11.3 Å². The summed E-state index contributed by atoms with van der Waals surface area (Å²) in [6.07, 6.45) is 0. The second-order valence-corrected chi connectivity index (χ2v) is 5.93. The zero-order chi connectivity index (χ0) is 15.9. The van der Waals surface area contributed by atoms with Crippen LogP contribution in [-0.2, 0) is 12.5 Å². The van der Waals surface area contributed by atoms with E-state index in [1.807, 2.05) is 20.8 Å². The van der Waals surface area contributed by atoms with Crippen LogP contribution in [0, 0.1) is 10.1 Å². The number of nitrogens with two attached hydrogens (primary N) is 1. The maximum atomic E-state index is 12.4. The van der Waals surface area contributed by atoms with Gasteiger partial charge in [-0.05, 0) is 12.1 Å². The predicted octanol–water partition coefficient (Wildman–Crippen LogP) is 1.96. The number of aromatic nitrogens is 2. The van der Waals surface area contributed by atoms with Crippen LogP contribution in [0.4, 0.5) is 11.4 Å². The number of nitro groups is 1. The third kappa shape index (κ3) is 2.42. The molecule has 2 aromatic rings. The van der Waals surface area contributed by atoms with E-state index in [9.17, 15) is 14.9 Å². The van der Waals surface area contributed by atoms with Crippen LogP contribution in [-0.4, -0.2) is 14.3 Å². The third-order valence-electron chi connectivity index (χ3n) is 3.32. The lowest BCUT2D eigenvalue weighted by molar-refractivity contribution is -0.384. The molecule has 0 aliphatic heterocycles. The normalized spacial score (nSPS) is 11.6. The van der Waals surface area contributed by atoms with Crippen molar-refractivity contribution in [2.75, 3.05) is 5.73 Å². The second kappa shape index (κ2) is 4.76. The van der Waals surface area contributed by atoms with Gasteiger partial charge in [0.25, 0.3) is 11.2 Å². The number of rotatable bonds is 2. The summed E-state index contributed by atoms with van der Waals surface area (Å²) in [6, 6.07) is 5.79. The molecule has 0 amide bonds. The standard InChI is InChI=1S/C14H18N4O3/c1-14(2,3)12-11(15)13(19)17(16(12)4)9-5-7-10(8-6-9)18(20)21/h5-8H,15H2,1-4H3. The maximum Gasteiger partial charge on any atom is 0.294 e. The van der Waals surface area contributed by atoms with Crippen molar-refractivity contribution in [1.82, 2.24) is 9.36 Å².